The Labute approximate surface area is 109 Å². The first-order valence-corrected chi connectivity index (χ1v) is 6.19. The van der Waals surface area contributed by atoms with Crippen molar-refractivity contribution < 1.29 is 9.90 Å². The lowest BCUT2D eigenvalue weighted by Crippen LogP contribution is -2.20. The molecule has 2 rings (SSSR count). The maximum atomic E-state index is 10.9. The Bertz CT molecular complexity index is 489. The molecule has 1 N–H and O–H groups in total. The zero-order valence-electron chi connectivity index (χ0n) is 9.43. The smallest absolute Gasteiger partial charge is 0.314 e. The number of carbonyl (C=O) groups is 1. The van der Waals surface area contributed by atoms with E-state index in [1.807, 2.05) is 43.3 Å². The summed E-state index contributed by atoms with van der Waals surface area (Å²) in [6, 6.07) is 8.06. The number of carboxylic acids is 1. The van der Waals surface area contributed by atoms with E-state index in [1.54, 1.807) is 12.2 Å². The average molecular weight is 293 g/mol. The fourth-order valence-corrected chi connectivity index (χ4v) is 2.70. The number of alkyl halides is 1. The number of aliphatic carboxylic acids is 1. The van der Waals surface area contributed by atoms with E-state index < -0.39 is 11.9 Å². The third kappa shape index (κ3) is 2.34. The molecule has 0 aliphatic heterocycles. The zero-order chi connectivity index (χ0) is 12.5. The molecule has 0 fully saturated rings. The molecule has 88 valence electrons. The van der Waals surface area contributed by atoms with E-state index in [4.69, 9.17) is 5.11 Å². The number of allylic oxidation sites excluding steroid dienone is 2. The minimum atomic E-state index is -0.822. The van der Waals surface area contributed by atoms with Crippen LogP contribution in [0.2, 0.25) is 0 Å². The van der Waals surface area contributed by atoms with E-state index in [1.165, 1.54) is 5.56 Å². The van der Waals surface area contributed by atoms with Crippen LogP contribution in [-0.2, 0) is 9.12 Å². The molecule has 0 atom stereocenters. The lowest BCUT2D eigenvalue weighted by molar-refractivity contribution is -0.138. The van der Waals surface area contributed by atoms with Crippen LogP contribution < -0.4 is 0 Å². The first-order valence-electron chi connectivity index (χ1n) is 5.39. The van der Waals surface area contributed by atoms with Gasteiger partial charge in [0.15, 0.2) is 0 Å². The molecular weight excluding hydrogens is 280 g/mol. The lowest BCUT2D eigenvalue weighted by atomic mass is 9.88. The molecule has 0 amide bonds. The highest BCUT2D eigenvalue weighted by atomic mass is 79.9. The van der Waals surface area contributed by atoms with Crippen molar-refractivity contribution in [3.8, 4) is 0 Å². The van der Waals surface area contributed by atoms with Gasteiger partial charge in [0.05, 0.1) is 10.2 Å². The summed E-state index contributed by atoms with van der Waals surface area (Å²) in [5.41, 5.74) is 2.31. The van der Waals surface area contributed by atoms with Crippen LogP contribution in [0.15, 0.2) is 48.6 Å². The Morgan fingerprint density at radius 2 is 1.88 bits per heavy atom. The molecule has 0 spiro atoms. The minimum absolute atomic E-state index is 0.385. The topological polar surface area (TPSA) is 37.3 Å². The SMILES string of the molecule is Cc1ccccc1C1(Br)C=CC(C(=O)O)C=C1. The number of hydrogen-bond acceptors (Lipinski definition) is 1. The van der Waals surface area contributed by atoms with E-state index in [0.717, 1.165) is 5.56 Å². The molecule has 1 aromatic rings. The molecule has 17 heavy (non-hydrogen) atoms. The maximum Gasteiger partial charge on any atom is 0.314 e. The Kier molecular flexibility index (Phi) is 3.20. The minimum Gasteiger partial charge on any atom is -0.481 e. The van der Waals surface area contributed by atoms with Crippen molar-refractivity contribution in [3.63, 3.8) is 0 Å². The first kappa shape index (κ1) is 12.1. The van der Waals surface area contributed by atoms with Crippen molar-refractivity contribution in [1.82, 2.24) is 0 Å². The Hall–Kier alpha value is -1.35. The van der Waals surface area contributed by atoms with E-state index >= 15 is 0 Å². The molecule has 1 aliphatic rings. The maximum absolute atomic E-state index is 10.9. The highest BCUT2D eigenvalue weighted by molar-refractivity contribution is 9.09. The first-order chi connectivity index (χ1) is 8.03. The number of hydrogen-bond donors (Lipinski definition) is 1. The van der Waals surface area contributed by atoms with Gasteiger partial charge in [0.1, 0.15) is 0 Å². The fourth-order valence-electron chi connectivity index (χ4n) is 1.95. The van der Waals surface area contributed by atoms with Crippen molar-refractivity contribution in [1.29, 1.82) is 0 Å². The molecule has 2 nitrogen and oxygen atoms in total. The Morgan fingerprint density at radius 3 is 2.41 bits per heavy atom. The van der Waals surface area contributed by atoms with Crippen LogP contribution in [0.25, 0.3) is 0 Å². The molecule has 0 radical (unpaired) electrons. The molecule has 3 heteroatoms. The van der Waals surface area contributed by atoms with Gasteiger partial charge < -0.3 is 5.11 Å². The number of halogens is 1. The second-order valence-corrected chi connectivity index (χ2v) is 5.48. The normalized spacial score (nSPS) is 27.1. The van der Waals surface area contributed by atoms with Gasteiger partial charge in [0.2, 0.25) is 0 Å². The molecular formula is C14H13BrO2. The van der Waals surface area contributed by atoms with Gasteiger partial charge in [-0.1, -0.05) is 64.5 Å². The summed E-state index contributed by atoms with van der Waals surface area (Å²) in [5.74, 6) is -1.35. The van der Waals surface area contributed by atoms with Gasteiger partial charge in [-0.15, -0.1) is 0 Å². The number of carboxylic acid groups (broad SMARTS) is 1. The molecule has 0 aromatic heterocycles. The lowest BCUT2D eigenvalue weighted by Gasteiger charge is -2.26. The molecule has 0 bridgehead atoms. The second-order valence-electron chi connectivity index (χ2n) is 4.17. The van der Waals surface area contributed by atoms with Crippen molar-refractivity contribution in [2.45, 2.75) is 11.2 Å². The van der Waals surface area contributed by atoms with E-state index in [-0.39, 0.29) is 4.32 Å². The second kappa shape index (κ2) is 4.49. The van der Waals surface area contributed by atoms with Crippen LogP contribution in [0, 0.1) is 12.8 Å². The van der Waals surface area contributed by atoms with E-state index in [0.29, 0.717) is 0 Å². The predicted molar refractivity (Wildman–Crippen MR) is 71.2 cm³/mol. The third-order valence-corrected chi connectivity index (χ3v) is 3.89. The summed E-state index contributed by atoms with van der Waals surface area (Å²) in [4.78, 5) is 10.9. The summed E-state index contributed by atoms with van der Waals surface area (Å²) in [7, 11) is 0. The number of aryl methyl sites for hydroxylation is 1. The summed E-state index contributed by atoms with van der Waals surface area (Å²) in [6.45, 7) is 2.04. The standard InChI is InChI=1S/C14H13BrO2/c1-10-4-2-3-5-12(10)14(15)8-6-11(7-9-14)13(16)17/h2-9,11H,1H3,(H,16,17). The van der Waals surface area contributed by atoms with Gasteiger partial charge in [-0.05, 0) is 18.1 Å². The largest absolute Gasteiger partial charge is 0.481 e. The van der Waals surface area contributed by atoms with Crippen LogP contribution >= 0.6 is 15.9 Å². The van der Waals surface area contributed by atoms with Crippen LogP contribution in [0.5, 0.6) is 0 Å². The molecule has 1 aromatic carbocycles. The van der Waals surface area contributed by atoms with Crippen molar-refractivity contribution in [3.05, 3.63) is 59.7 Å². The van der Waals surface area contributed by atoms with Gasteiger partial charge in [0.25, 0.3) is 0 Å². The molecule has 0 unspecified atom stereocenters. The fraction of sp³-hybridized carbons (Fsp3) is 0.214. The van der Waals surface area contributed by atoms with Crippen LogP contribution in [0.1, 0.15) is 11.1 Å². The van der Waals surface area contributed by atoms with Gasteiger partial charge in [-0.2, -0.15) is 0 Å². The van der Waals surface area contributed by atoms with Gasteiger partial charge in [0, 0.05) is 0 Å². The van der Waals surface area contributed by atoms with Gasteiger partial charge >= 0.3 is 5.97 Å². The summed E-state index contributed by atoms with van der Waals surface area (Å²) in [6.07, 6.45) is 7.22. The summed E-state index contributed by atoms with van der Waals surface area (Å²) < 4.78 is -0.385. The van der Waals surface area contributed by atoms with Crippen LogP contribution in [0.3, 0.4) is 0 Å². The van der Waals surface area contributed by atoms with Crippen LogP contribution in [-0.4, -0.2) is 11.1 Å². The number of benzene rings is 1. The van der Waals surface area contributed by atoms with Crippen molar-refractivity contribution in [2.24, 2.45) is 5.92 Å². The highest BCUT2D eigenvalue weighted by Crippen LogP contribution is 2.39. The Balaban J connectivity index is 2.36. The average Bonchev–Trinajstić information content (AvgIpc) is 2.30. The van der Waals surface area contributed by atoms with E-state index in [2.05, 4.69) is 15.9 Å². The highest BCUT2D eigenvalue weighted by Gasteiger charge is 2.28. The monoisotopic (exact) mass is 292 g/mol. The molecule has 1 aliphatic carbocycles. The summed E-state index contributed by atoms with van der Waals surface area (Å²) >= 11 is 3.66. The van der Waals surface area contributed by atoms with E-state index in [9.17, 15) is 4.79 Å². The summed E-state index contributed by atoms with van der Waals surface area (Å²) in [5, 5.41) is 8.92. The number of rotatable bonds is 2. The molecule has 0 saturated heterocycles. The van der Waals surface area contributed by atoms with Crippen LogP contribution in [0.4, 0.5) is 0 Å². The zero-order valence-corrected chi connectivity index (χ0v) is 11.0. The van der Waals surface area contributed by atoms with Crippen molar-refractivity contribution >= 4 is 21.9 Å². The predicted octanol–water partition coefficient (Wildman–Crippen LogP) is 3.41. The Morgan fingerprint density at radius 1 is 1.29 bits per heavy atom. The molecule has 0 saturated carbocycles. The molecule has 0 heterocycles. The van der Waals surface area contributed by atoms with Gasteiger partial charge in [-0.3, -0.25) is 4.79 Å². The van der Waals surface area contributed by atoms with Gasteiger partial charge in [-0.25, -0.2) is 0 Å². The third-order valence-electron chi connectivity index (χ3n) is 2.94. The van der Waals surface area contributed by atoms with Crippen molar-refractivity contribution in [2.75, 3.05) is 0 Å². The quantitative estimate of drug-likeness (QED) is 0.670.